The topological polar surface area (TPSA) is 76.3 Å². The molecule has 0 spiro atoms. The van der Waals surface area contributed by atoms with Crippen molar-refractivity contribution in [3.63, 3.8) is 0 Å². The maximum Gasteiger partial charge on any atom is 0.416 e. The number of rotatable bonds is 5. The number of halogens is 3. The highest BCUT2D eigenvalue weighted by atomic mass is 19.4. The molecule has 0 aliphatic rings. The first kappa shape index (κ1) is 21.9. The molecular weight excluding hydrogens is 433 g/mol. The van der Waals surface area contributed by atoms with E-state index in [4.69, 9.17) is 0 Å². The number of nitrogens with one attached hydrogen (secondary N) is 1. The molecule has 9 heteroatoms. The summed E-state index contributed by atoms with van der Waals surface area (Å²) in [7, 11) is 0. The van der Waals surface area contributed by atoms with E-state index in [1.54, 1.807) is 24.3 Å². The lowest BCUT2D eigenvalue weighted by atomic mass is 10.1. The van der Waals surface area contributed by atoms with Gasteiger partial charge in [-0.15, -0.1) is 0 Å². The number of hydrogen-bond donors (Lipinski definition) is 1. The molecule has 0 atom stereocenters. The first-order chi connectivity index (χ1) is 15.8. The van der Waals surface area contributed by atoms with Gasteiger partial charge in [-0.3, -0.25) is 9.59 Å². The Bertz CT molecular complexity index is 1400. The second-order valence-electron chi connectivity index (χ2n) is 7.16. The predicted octanol–water partition coefficient (Wildman–Crippen LogP) is 4.23. The van der Waals surface area contributed by atoms with Crippen molar-refractivity contribution in [2.75, 3.05) is 0 Å². The number of hydrogen-bond acceptors (Lipinski definition) is 4. The molecule has 4 rings (SSSR count). The number of fused-ring (bicyclic) bond motifs is 1. The fraction of sp³-hybridized carbons (Fsp3) is 0.0833. The number of benzene rings is 3. The Balaban J connectivity index is 1.63. The summed E-state index contributed by atoms with van der Waals surface area (Å²) in [6.07, 6.45) is -3.38. The average molecular weight is 450 g/mol. The number of carbonyl (C=O) groups is 1. The summed E-state index contributed by atoms with van der Waals surface area (Å²) >= 11 is 0. The number of nitrogens with zero attached hydrogens (tertiary/aromatic N) is 3. The molecule has 0 saturated heterocycles. The van der Waals surface area contributed by atoms with Crippen LogP contribution < -0.4 is 11.0 Å². The zero-order valence-corrected chi connectivity index (χ0v) is 17.1. The van der Waals surface area contributed by atoms with Crippen LogP contribution in [0.2, 0.25) is 0 Å². The second kappa shape index (κ2) is 9.07. The lowest BCUT2D eigenvalue weighted by molar-refractivity contribution is -0.137. The molecule has 33 heavy (non-hydrogen) atoms. The first-order valence-corrected chi connectivity index (χ1v) is 9.87. The van der Waals surface area contributed by atoms with E-state index in [1.807, 2.05) is 30.3 Å². The van der Waals surface area contributed by atoms with E-state index < -0.39 is 17.6 Å². The van der Waals surface area contributed by atoms with Crippen LogP contribution in [0.3, 0.4) is 0 Å². The third kappa shape index (κ3) is 4.98. The lowest BCUT2D eigenvalue weighted by Crippen LogP contribution is -2.29. The summed E-state index contributed by atoms with van der Waals surface area (Å²) in [6.45, 7) is 0.165. The second-order valence-corrected chi connectivity index (χ2v) is 7.16. The van der Waals surface area contributed by atoms with Crippen LogP contribution in [0.25, 0.3) is 10.8 Å². The highest BCUT2D eigenvalue weighted by molar-refractivity contribution is 6.05. The van der Waals surface area contributed by atoms with E-state index in [9.17, 15) is 22.8 Å². The van der Waals surface area contributed by atoms with Crippen molar-refractivity contribution in [3.05, 3.63) is 112 Å². The molecule has 1 N–H and O–H groups in total. The van der Waals surface area contributed by atoms with Crippen molar-refractivity contribution in [3.8, 4) is 0 Å². The van der Waals surface area contributed by atoms with Crippen molar-refractivity contribution >= 4 is 22.9 Å². The van der Waals surface area contributed by atoms with Crippen LogP contribution >= 0.6 is 0 Å². The van der Waals surface area contributed by atoms with Gasteiger partial charge >= 0.3 is 6.18 Å². The standard InChI is InChI=1S/C24H17F3N4O2/c25-24(26,27)18-10-6-9-17(13-18)14-28-29-22(32)21-19-11-4-5-12-20(19)23(33)31(30-21)15-16-7-2-1-3-8-16/h1-14H,15H2,(H,29,32)/b28-14+. The largest absolute Gasteiger partial charge is 0.416 e. The van der Waals surface area contributed by atoms with E-state index in [-0.39, 0.29) is 23.4 Å². The summed E-state index contributed by atoms with van der Waals surface area (Å²) in [5.74, 6) is -0.698. The summed E-state index contributed by atoms with van der Waals surface area (Å²) in [5, 5.41) is 8.66. The van der Waals surface area contributed by atoms with Gasteiger partial charge in [0.1, 0.15) is 0 Å². The van der Waals surface area contributed by atoms with Crippen LogP contribution in [0, 0.1) is 0 Å². The number of aromatic nitrogens is 2. The Morgan fingerprint density at radius 1 is 0.970 bits per heavy atom. The minimum atomic E-state index is -4.48. The molecule has 0 bridgehead atoms. The number of carbonyl (C=O) groups excluding carboxylic acids is 1. The smallest absolute Gasteiger partial charge is 0.267 e. The Morgan fingerprint density at radius 2 is 1.67 bits per heavy atom. The highest BCUT2D eigenvalue weighted by Crippen LogP contribution is 2.29. The minimum absolute atomic E-state index is 0.0256. The molecule has 0 unspecified atom stereocenters. The van der Waals surface area contributed by atoms with Crippen molar-refractivity contribution in [2.45, 2.75) is 12.7 Å². The van der Waals surface area contributed by atoms with Crippen LogP contribution in [0.4, 0.5) is 13.2 Å². The van der Waals surface area contributed by atoms with Gasteiger partial charge in [-0.25, -0.2) is 10.1 Å². The molecule has 166 valence electrons. The summed E-state index contributed by atoms with van der Waals surface area (Å²) in [4.78, 5) is 25.7. The van der Waals surface area contributed by atoms with Crippen molar-refractivity contribution in [2.24, 2.45) is 5.10 Å². The molecule has 1 heterocycles. The van der Waals surface area contributed by atoms with Crippen LogP contribution in [0.5, 0.6) is 0 Å². The van der Waals surface area contributed by atoms with Crippen molar-refractivity contribution in [1.82, 2.24) is 15.2 Å². The summed E-state index contributed by atoms with van der Waals surface area (Å²) < 4.78 is 39.8. The Kier molecular flexibility index (Phi) is 6.03. The zero-order chi connectivity index (χ0) is 23.4. The fourth-order valence-electron chi connectivity index (χ4n) is 3.28. The molecular formula is C24H17F3N4O2. The number of amides is 1. The minimum Gasteiger partial charge on any atom is -0.267 e. The van der Waals surface area contributed by atoms with Crippen LogP contribution in [-0.2, 0) is 12.7 Å². The molecule has 1 amide bonds. The summed E-state index contributed by atoms with van der Waals surface area (Å²) in [6, 6.07) is 20.3. The molecule has 0 saturated carbocycles. The Labute approximate surface area is 186 Å². The molecule has 0 aliphatic heterocycles. The van der Waals surface area contributed by atoms with Crippen molar-refractivity contribution < 1.29 is 18.0 Å². The van der Waals surface area contributed by atoms with E-state index in [0.717, 1.165) is 23.9 Å². The molecule has 4 aromatic rings. The zero-order valence-electron chi connectivity index (χ0n) is 17.1. The fourth-order valence-corrected chi connectivity index (χ4v) is 3.28. The van der Waals surface area contributed by atoms with Gasteiger partial charge in [0.25, 0.3) is 11.5 Å². The average Bonchev–Trinajstić information content (AvgIpc) is 2.81. The number of alkyl halides is 3. The van der Waals surface area contributed by atoms with Gasteiger partial charge in [0.2, 0.25) is 0 Å². The van der Waals surface area contributed by atoms with E-state index in [2.05, 4.69) is 15.6 Å². The third-order valence-corrected chi connectivity index (χ3v) is 4.85. The van der Waals surface area contributed by atoms with Gasteiger partial charge in [0.05, 0.1) is 23.7 Å². The Hall–Kier alpha value is -4.27. The lowest BCUT2D eigenvalue weighted by Gasteiger charge is -2.10. The summed E-state index contributed by atoms with van der Waals surface area (Å²) in [5.41, 5.74) is 2.08. The predicted molar refractivity (Wildman–Crippen MR) is 118 cm³/mol. The quantitative estimate of drug-likeness (QED) is 0.365. The molecule has 3 aromatic carbocycles. The molecule has 0 fully saturated rings. The van der Waals surface area contributed by atoms with Crippen LogP contribution in [-0.4, -0.2) is 21.9 Å². The van der Waals surface area contributed by atoms with Gasteiger partial charge in [-0.1, -0.05) is 60.7 Å². The normalized spacial score (nSPS) is 11.7. The molecule has 1 aromatic heterocycles. The van der Waals surface area contributed by atoms with Gasteiger partial charge < -0.3 is 0 Å². The molecule has 6 nitrogen and oxygen atoms in total. The third-order valence-electron chi connectivity index (χ3n) is 4.85. The highest BCUT2D eigenvalue weighted by Gasteiger charge is 2.30. The van der Waals surface area contributed by atoms with Crippen LogP contribution in [0.15, 0.2) is 88.8 Å². The molecule has 0 radical (unpaired) electrons. The van der Waals surface area contributed by atoms with Gasteiger partial charge in [-0.05, 0) is 29.3 Å². The van der Waals surface area contributed by atoms with Gasteiger partial charge in [0.15, 0.2) is 5.69 Å². The monoisotopic (exact) mass is 450 g/mol. The molecule has 0 aliphatic carbocycles. The van der Waals surface area contributed by atoms with Crippen LogP contribution in [0.1, 0.15) is 27.2 Å². The maximum absolute atomic E-state index is 12.9. The first-order valence-electron chi connectivity index (χ1n) is 9.87. The van der Waals surface area contributed by atoms with E-state index in [1.165, 1.54) is 16.8 Å². The van der Waals surface area contributed by atoms with E-state index in [0.29, 0.717) is 10.8 Å². The SMILES string of the molecule is O=C(N/N=C/c1cccc(C(F)(F)F)c1)c1nn(Cc2ccccc2)c(=O)c2ccccc12. The number of hydrazone groups is 1. The Morgan fingerprint density at radius 3 is 2.39 bits per heavy atom. The van der Waals surface area contributed by atoms with Gasteiger partial charge in [-0.2, -0.15) is 23.4 Å². The van der Waals surface area contributed by atoms with Gasteiger partial charge in [0, 0.05) is 5.39 Å². The van der Waals surface area contributed by atoms with Crippen molar-refractivity contribution in [1.29, 1.82) is 0 Å². The maximum atomic E-state index is 12.9. The van der Waals surface area contributed by atoms with E-state index >= 15 is 0 Å².